The molecule has 0 bridgehead atoms. The number of benzene rings is 2. The number of hydrogen-bond acceptors (Lipinski definition) is 6. The van der Waals surface area contributed by atoms with Gasteiger partial charge < -0.3 is 9.73 Å². The average Bonchev–Trinajstić information content (AvgIpc) is 3.74. The summed E-state index contributed by atoms with van der Waals surface area (Å²) in [5.41, 5.74) is 6.87. The van der Waals surface area contributed by atoms with Crippen LogP contribution in [0.2, 0.25) is 0 Å². The van der Waals surface area contributed by atoms with Crippen molar-refractivity contribution in [2.45, 2.75) is 25.6 Å². The molecule has 3 aromatic heterocycles. The van der Waals surface area contributed by atoms with Crippen molar-refractivity contribution in [3.63, 3.8) is 0 Å². The number of fused-ring (bicyclic) bond motifs is 1. The molecule has 7 nitrogen and oxygen atoms in total. The van der Waals surface area contributed by atoms with Crippen LogP contribution in [0.5, 0.6) is 0 Å². The van der Waals surface area contributed by atoms with Gasteiger partial charge in [-0.25, -0.2) is 4.68 Å². The quantitative estimate of drug-likeness (QED) is 0.249. The summed E-state index contributed by atoms with van der Waals surface area (Å²) >= 11 is 3.20. The number of amides is 2. The highest BCUT2D eigenvalue weighted by Crippen LogP contribution is 2.49. The van der Waals surface area contributed by atoms with E-state index in [0.717, 1.165) is 39.2 Å². The molecule has 1 aliphatic rings. The maximum Gasteiger partial charge on any atom is 0.240 e. The molecule has 0 saturated heterocycles. The smallest absolute Gasteiger partial charge is 0.240 e. The Morgan fingerprint density at radius 3 is 2.67 bits per heavy atom. The van der Waals surface area contributed by atoms with Crippen LogP contribution < -0.4 is 10.2 Å². The summed E-state index contributed by atoms with van der Waals surface area (Å²) in [7, 11) is 0. The summed E-state index contributed by atoms with van der Waals surface area (Å²) in [5.74, 6) is 1.11. The summed E-state index contributed by atoms with van der Waals surface area (Å²) in [4.78, 5) is 28.7. The molecular weight excluding hydrogens is 541 g/mol. The van der Waals surface area contributed by atoms with E-state index in [-0.39, 0.29) is 35.9 Å². The molecule has 0 radical (unpaired) electrons. The first-order chi connectivity index (χ1) is 19.5. The van der Waals surface area contributed by atoms with Crippen molar-refractivity contribution in [1.82, 2.24) is 15.1 Å². The molecule has 0 fully saturated rings. The molecule has 4 heterocycles. The van der Waals surface area contributed by atoms with Crippen LogP contribution in [-0.2, 0) is 16.1 Å². The molecule has 0 saturated carbocycles. The number of aryl methyl sites for hydroxylation is 1. The van der Waals surface area contributed by atoms with Gasteiger partial charge in [-0.1, -0.05) is 42.5 Å². The van der Waals surface area contributed by atoms with E-state index in [9.17, 15) is 9.59 Å². The molecule has 40 heavy (non-hydrogen) atoms. The van der Waals surface area contributed by atoms with Crippen LogP contribution in [0, 0.1) is 13.8 Å². The molecule has 5 aromatic rings. The van der Waals surface area contributed by atoms with Gasteiger partial charge in [-0.15, -0.1) is 11.8 Å². The zero-order valence-electron chi connectivity index (χ0n) is 22.2. The lowest BCUT2D eigenvalue weighted by Crippen LogP contribution is -2.42. The van der Waals surface area contributed by atoms with Gasteiger partial charge in [0.15, 0.2) is 0 Å². The summed E-state index contributed by atoms with van der Waals surface area (Å²) in [5, 5.41) is 12.1. The number of carbonyl (C=O) groups excluding carboxylic acids is 2. The summed E-state index contributed by atoms with van der Waals surface area (Å²) in [6.45, 7) is 4.24. The minimum absolute atomic E-state index is 0.129. The molecular formula is C31H28N4O3S2. The van der Waals surface area contributed by atoms with Gasteiger partial charge in [0.05, 0.1) is 35.2 Å². The van der Waals surface area contributed by atoms with Crippen LogP contribution in [0.25, 0.3) is 16.9 Å². The minimum atomic E-state index is -0.273. The molecule has 2 aromatic carbocycles. The Balaban J connectivity index is 1.55. The second kappa shape index (κ2) is 11.2. The van der Waals surface area contributed by atoms with E-state index in [1.165, 1.54) is 0 Å². The number of nitrogens with zero attached hydrogens (tertiary/aromatic N) is 3. The maximum atomic E-state index is 13.8. The van der Waals surface area contributed by atoms with Crippen molar-refractivity contribution in [2.24, 2.45) is 0 Å². The third-order valence-corrected chi connectivity index (χ3v) is 9.08. The highest BCUT2D eigenvalue weighted by Gasteiger charge is 2.38. The molecule has 1 atom stereocenters. The number of thiophene rings is 1. The lowest BCUT2D eigenvalue weighted by Gasteiger charge is -2.24. The summed E-state index contributed by atoms with van der Waals surface area (Å²) in [6, 6.07) is 21.8. The Labute approximate surface area is 240 Å². The fourth-order valence-electron chi connectivity index (χ4n) is 4.95. The maximum absolute atomic E-state index is 13.8. The van der Waals surface area contributed by atoms with Crippen LogP contribution in [0.15, 0.2) is 88.2 Å². The number of nitrogens with one attached hydrogen (secondary N) is 1. The van der Waals surface area contributed by atoms with Crippen molar-refractivity contribution in [1.29, 1.82) is 0 Å². The fourth-order valence-corrected chi connectivity index (χ4v) is 6.91. The van der Waals surface area contributed by atoms with Gasteiger partial charge in [0.1, 0.15) is 18.1 Å². The van der Waals surface area contributed by atoms with Crippen molar-refractivity contribution >= 4 is 40.7 Å². The van der Waals surface area contributed by atoms with Crippen molar-refractivity contribution in [3.05, 3.63) is 112 Å². The first kappa shape index (κ1) is 26.2. The first-order valence-corrected chi connectivity index (χ1v) is 15.0. The van der Waals surface area contributed by atoms with E-state index >= 15 is 0 Å². The molecule has 0 unspecified atom stereocenters. The largest absolute Gasteiger partial charge is 0.467 e. The number of anilines is 1. The van der Waals surface area contributed by atoms with Crippen molar-refractivity contribution in [3.8, 4) is 16.9 Å². The molecule has 0 spiro atoms. The molecule has 1 aliphatic heterocycles. The van der Waals surface area contributed by atoms with Gasteiger partial charge in [0, 0.05) is 11.1 Å². The Morgan fingerprint density at radius 2 is 1.93 bits per heavy atom. The van der Waals surface area contributed by atoms with E-state index in [0.29, 0.717) is 11.6 Å². The van der Waals surface area contributed by atoms with E-state index in [4.69, 9.17) is 9.52 Å². The fraction of sp³-hybridized carbons (Fsp3) is 0.194. The highest BCUT2D eigenvalue weighted by atomic mass is 32.2. The Morgan fingerprint density at radius 1 is 1.07 bits per heavy atom. The first-order valence-electron chi connectivity index (χ1n) is 13.0. The topological polar surface area (TPSA) is 80.4 Å². The Kier molecular flexibility index (Phi) is 7.32. The lowest BCUT2D eigenvalue weighted by molar-refractivity contribution is -0.123. The van der Waals surface area contributed by atoms with Crippen molar-refractivity contribution < 1.29 is 14.0 Å². The van der Waals surface area contributed by atoms with E-state index in [1.54, 1.807) is 46.4 Å². The van der Waals surface area contributed by atoms with Crippen molar-refractivity contribution in [2.75, 3.05) is 17.2 Å². The number of aromatic nitrogens is 2. The van der Waals surface area contributed by atoms with E-state index in [1.807, 2.05) is 47.1 Å². The number of thioether (sulfide) groups is 1. The normalized spacial score (nSPS) is 15.1. The lowest BCUT2D eigenvalue weighted by atomic mass is 10.0. The Hall–Kier alpha value is -4.08. The monoisotopic (exact) mass is 568 g/mol. The predicted octanol–water partition coefficient (Wildman–Crippen LogP) is 6.30. The average molecular weight is 569 g/mol. The SMILES string of the molecule is Cc1cccc(-n2nc(-c3ccccc3)c3c2N(CC(=O)NCc2ccco2)C(=O)CS[C@@H]3c2ccsc2)c1C. The minimum Gasteiger partial charge on any atom is -0.467 e. The van der Waals surface area contributed by atoms with Gasteiger partial charge in [-0.2, -0.15) is 16.4 Å². The standard InChI is InChI=1S/C31H28N4O3S2/c1-20-8-6-12-25(21(20)2)35-31-28(29(33-35)22-9-4-3-5-10-22)30(23-13-15-39-18-23)40-19-27(37)34(31)17-26(36)32-16-24-11-7-14-38-24/h3-15,18,30H,16-17,19H2,1-2H3,(H,32,36)/t30-/m1/s1. The van der Waals surface area contributed by atoms with Crippen LogP contribution in [0.4, 0.5) is 5.82 Å². The number of rotatable bonds is 7. The molecule has 0 aliphatic carbocycles. The van der Waals surface area contributed by atoms with Gasteiger partial charge in [0.25, 0.3) is 0 Å². The molecule has 2 amide bonds. The van der Waals surface area contributed by atoms with Crippen LogP contribution in [0.3, 0.4) is 0 Å². The predicted molar refractivity (Wildman–Crippen MR) is 160 cm³/mol. The molecule has 1 N–H and O–H groups in total. The third-order valence-electron chi connectivity index (χ3n) is 7.13. The van der Waals surface area contributed by atoms with Gasteiger partial charge in [0.2, 0.25) is 11.8 Å². The highest BCUT2D eigenvalue weighted by molar-refractivity contribution is 8.00. The number of furan rings is 1. The second-order valence-electron chi connectivity index (χ2n) is 9.67. The van der Waals surface area contributed by atoms with Gasteiger partial charge in [-0.05, 0) is 65.6 Å². The second-order valence-corrected chi connectivity index (χ2v) is 11.5. The van der Waals surface area contributed by atoms with Crippen LogP contribution >= 0.6 is 23.1 Å². The molecule has 6 rings (SSSR count). The third kappa shape index (κ3) is 4.98. The zero-order chi connectivity index (χ0) is 27.6. The molecule has 9 heteroatoms. The van der Waals surface area contributed by atoms with Crippen LogP contribution in [0.1, 0.15) is 33.3 Å². The molecule has 202 valence electrons. The Bertz CT molecular complexity index is 1640. The van der Waals surface area contributed by atoms with Crippen LogP contribution in [-0.4, -0.2) is 33.9 Å². The summed E-state index contributed by atoms with van der Waals surface area (Å²) in [6.07, 6.45) is 1.57. The van der Waals surface area contributed by atoms with E-state index < -0.39 is 0 Å². The van der Waals surface area contributed by atoms with Gasteiger partial charge in [-0.3, -0.25) is 14.5 Å². The van der Waals surface area contributed by atoms with E-state index in [2.05, 4.69) is 42.1 Å². The van der Waals surface area contributed by atoms with Gasteiger partial charge >= 0.3 is 0 Å². The summed E-state index contributed by atoms with van der Waals surface area (Å²) < 4.78 is 7.23. The number of hydrogen-bond donors (Lipinski definition) is 1. The zero-order valence-corrected chi connectivity index (χ0v) is 23.8. The number of carbonyl (C=O) groups is 2.